The van der Waals surface area contributed by atoms with E-state index in [0.717, 1.165) is 25.0 Å². The number of ether oxygens (including phenoxy) is 1. The Hall–Kier alpha value is -1.15. The first-order chi connectivity index (χ1) is 9.27. The fourth-order valence-electron chi connectivity index (χ4n) is 3.40. The molecule has 2 aliphatic rings. The zero-order chi connectivity index (χ0) is 13.1. The van der Waals surface area contributed by atoms with Crippen LogP contribution in [0.15, 0.2) is 30.3 Å². The zero-order valence-electron chi connectivity index (χ0n) is 11.4. The molecule has 1 atom stereocenters. The summed E-state index contributed by atoms with van der Waals surface area (Å²) in [5.74, 6) is 0.969. The maximum atomic E-state index is 12.1. The van der Waals surface area contributed by atoms with Gasteiger partial charge < -0.3 is 4.74 Å². The summed E-state index contributed by atoms with van der Waals surface area (Å²) in [6.45, 7) is 0.893. The molecule has 1 spiro atoms. The van der Waals surface area contributed by atoms with Crippen molar-refractivity contribution in [2.75, 3.05) is 6.61 Å². The standard InChI is InChI=1S/C17H22O2/c18-16(15-5-2-1-3-6-15)8-7-14-9-12-19-17(13-14)10-4-11-17/h1-3,5-6,14H,4,7-13H2. The normalized spacial score (nSPS) is 24.9. The van der Waals surface area contributed by atoms with Gasteiger partial charge in [0.15, 0.2) is 5.78 Å². The van der Waals surface area contributed by atoms with Crippen LogP contribution in [0.4, 0.5) is 0 Å². The van der Waals surface area contributed by atoms with E-state index in [0.29, 0.717) is 12.3 Å². The first-order valence-electron chi connectivity index (χ1n) is 7.50. The van der Waals surface area contributed by atoms with Crippen LogP contribution in [0.25, 0.3) is 0 Å². The number of rotatable bonds is 4. The second kappa shape index (κ2) is 5.46. The molecule has 0 bridgehead atoms. The summed E-state index contributed by atoms with van der Waals surface area (Å²) in [5, 5.41) is 0. The van der Waals surface area contributed by atoms with E-state index in [9.17, 15) is 4.79 Å². The fourth-order valence-corrected chi connectivity index (χ4v) is 3.40. The van der Waals surface area contributed by atoms with Gasteiger partial charge in [0.1, 0.15) is 0 Å². The number of ketones is 1. The van der Waals surface area contributed by atoms with Crippen LogP contribution in [0.2, 0.25) is 0 Å². The Bertz CT molecular complexity index is 434. The van der Waals surface area contributed by atoms with Crippen LogP contribution in [0.3, 0.4) is 0 Å². The number of carbonyl (C=O) groups excluding carboxylic acids is 1. The van der Waals surface area contributed by atoms with Crippen LogP contribution in [-0.4, -0.2) is 18.0 Å². The average molecular weight is 258 g/mol. The molecule has 1 aliphatic heterocycles. The minimum atomic E-state index is 0.207. The number of carbonyl (C=O) groups is 1. The average Bonchev–Trinajstić information content (AvgIpc) is 2.44. The molecule has 0 N–H and O–H groups in total. The van der Waals surface area contributed by atoms with Gasteiger partial charge in [-0.05, 0) is 44.4 Å². The van der Waals surface area contributed by atoms with Crippen molar-refractivity contribution in [3.63, 3.8) is 0 Å². The van der Waals surface area contributed by atoms with Gasteiger partial charge in [0.05, 0.1) is 5.60 Å². The first kappa shape index (κ1) is 12.9. The molecule has 1 aliphatic carbocycles. The van der Waals surface area contributed by atoms with E-state index in [1.165, 1.54) is 25.7 Å². The molecule has 1 heterocycles. The Kier molecular flexibility index (Phi) is 3.69. The lowest BCUT2D eigenvalue weighted by Crippen LogP contribution is -2.45. The predicted molar refractivity (Wildman–Crippen MR) is 75.3 cm³/mol. The minimum Gasteiger partial charge on any atom is -0.375 e. The molecule has 1 saturated heterocycles. The van der Waals surface area contributed by atoms with Gasteiger partial charge in [-0.15, -0.1) is 0 Å². The second-order valence-electron chi connectivity index (χ2n) is 6.07. The van der Waals surface area contributed by atoms with E-state index in [-0.39, 0.29) is 11.4 Å². The van der Waals surface area contributed by atoms with Crippen molar-refractivity contribution in [2.45, 2.75) is 50.5 Å². The summed E-state index contributed by atoms with van der Waals surface area (Å²) in [6.07, 6.45) is 7.80. The molecular formula is C17H22O2. The third-order valence-electron chi connectivity index (χ3n) is 4.74. The molecule has 1 unspecified atom stereocenters. The van der Waals surface area contributed by atoms with Crippen molar-refractivity contribution in [3.05, 3.63) is 35.9 Å². The monoisotopic (exact) mass is 258 g/mol. The highest BCUT2D eigenvalue weighted by molar-refractivity contribution is 5.95. The third kappa shape index (κ3) is 2.89. The zero-order valence-corrected chi connectivity index (χ0v) is 11.4. The first-order valence-corrected chi connectivity index (χ1v) is 7.50. The van der Waals surface area contributed by atoms with Crippen LogP contribution >= 0.6 is 0 Å². The van der Waals surface area contributed by atoms with Gasteiger partial charge in [0.25, 0.3) is 0 Å². The molecule has 1 aromatic rings. The highest BCUT2D eigenvalue weighted by Crippen LogP contribution is 2.45. The summed E-state index contributed by atoms with van der Waals surface area (Å²) >= 11 is 0. The van der Waals surface area contributed by atoms with Gasteiger partial charge in [-0.2, -0.15) is 0 Å². The van der Waals surface area contributed by atoms with Crippen LogP contribution < -0.4 is 0 Å². The van der Waals surface area contributed by atoms with Gasteiger partial charge in [-0.1, -0.05) is 30.3 Å². The maximum Gasteiger partial charge on any atom is 0.162 e. The van der Waals surface area contributed by atoms with Crippen molar-refractivity contribution >= 4 is 5.78 Å². The van der Waals surface area contributed by atoms with E-state index < -0.39 is 0 Å². The Labute approximate surface area is 115 Å². The van der Waals surface area contributed by atoms with Crippen molar-refractivity contribution in [1.29, 1.82) is 0 Å². The van der Waals surface area contributed by atoms with Gasteiger partial charge in [0.2, 0.25) is 0 Å². The Morgan fingerprint density at radius 1 is 1.26 bits per heavy atom. The Morgan fingerprint density at radius 3 is 2.74 bits per heavy atom. The highest BCUT2D eigenvalue weighted by atomic mass is 16.5. The number of benzene rings is 1. The molecule has 1 saturated carbocycles. The van der Waals surface area contributed by atoms with Gasteiger partial charge in [-0.3, -0.25) is 4.79 Å². The Morgan fingerprint density at radius 2 is 2.05 bits per heavy atom. The molecular weight excluding hydrogens is 236 g/mol. The quantitative estimate of drug-likeness (QED) is 0.763. The van der Waals surface area contributed by atoms with Gasteiger partial charge >= 0.3 is 0 Å². The third-order valence-corrected chi connectivity index (χ3v) is 4.74. The summed E-state index contributed by atoms with van der Waals surface area (Å²) in [6, 6.07) is 9.66. The lowest BCUT2D eigenvalue weighted by atomic mass is 9.71. The summed E-state index contributed by atoms with van der Waals surface area (Å²) in [5.41, 5.74) is 1.06. The van der Waals surface area contributed by atoms with E-state index in [1.54, 1.807) is 0 Å². The molecule has 19 heavy (non-hydrogen) atoms. The van der Waals surface area contributed by atoms with Crippen molar-refractivity contribution in [3.8, 4) is 0 Å². The molecule has 2 heteroatoms. The second-order valence-corrected chi connectivity index (χ2v) is 6.07. The number of Topliss-reactive ketones (excluding diaryl/α,β-unsaturated/α-hetero) is 1. The molecule has 0 amide bonds. The minimum absolute atomic E-state index is 0.207. The van der Waals surface area contributed by atoms with E-state index in [1.807, 2.05) is 30.3 Å². The molecule has 0 aromatic heterocycles. The lowest BCUT2D eigenvalue weighted by Gasteiger charge is -2.47. The number of hydrogen-bond donors (Lipinski definition) is 0. The van der Waals surface area contributed by atoms with Crippen molar-refractivity contribution in [1.82, 2.24) is 0 Å². The van der Waals surface area contributed by atoms with Gasteiger partial charge in [0, 0.05) is 18.6 Å². The molecule has 102 valence electrons. The highest BCUT2D eigenvalue weighted by Gasteiger charge is 2.42. The molecule has 0 radical (unpaired) electrons. The van der Waals surface area contributed by atoms with E-state index in [2.05, 4.69) is 0 Å². The predicted octanol–water partition coefficient (Wildman–Crippen LogP) is 4.00. The molecule has 1 aromatic carbocycles. The number of hydrogen-bond acceptors (Lipinski definition) is 2. The van der Waals surface area contributed by atoms with Crippen LogP contribution in [0.5, 0.6) is 0 Å². The van der Waals surface area contributed by atoms with Crippen LogP contribution in [-0.2, 0) is 4.74 Å². The molecule has 2 nitrogen and oxygen atoms in total. The lowest BCUT2D eigenvalue weighted by molar-refractivity contribution is -0.143. The van der Waals surface area contributed by atoms with E-state index in [4.69, 9.17) is 4.74 Å². The van der Waals surface area contributed by atoms with Crippen LogP contribution in [0.1, 0.15) is 55.3 Å². The smallest absolute Gasteiger partial charge is 0.162 e. The largest absolute Gasteiger partial charge is 0.375 e. The summed E-state index contributed by atoms with van der Waals surface area (Å²) in [7, 11) is 0. The van der Waals surface area contributed by atoms with Crippen LogP contribution in [0, 0.1) is 5.92 Å². The van der Waals surface area contributed by atoms with Gasteiger partial charge in [-0.25, -0.2) is 0 Å². The SMILES string of the molecule is O=C(CCC1CCOC2(CCC2)C1)c1ccccc1. The topological polar surface area (TPSA) is 26.3 Å². The molecule has 3 rings (SSSR count). The summed E-state index contributed by atoms with van der Waals surface area (Å²) in [4.78, 5) is 12.1. The van der Waals surface area contributed by atoms with Crippen molar-refractivity contribution < 1.29 is 9.53 Å². The Balaban J connectivity index is 1.51. The van der Waals surface area contributed by atoms with Crippen molar-refractivity contribution in [2.24, 2.45) is 5.92 Å². The van der Waals surface area contributed by atoms with E-state index >= 15 is 0 Å². The fraction of sp³-hybridized carbons (Fsp3) is 0.588. The maximum absolute atomic E-state index is 12.1. The summed E-state index contributed by atoms with van der Waals surface area (Å²) < 4.78 is 5.94. The molecule has 2 fully saturated rings.